The molecule has 0 saturated carbocycles. The van der Waals surface area contributed by atoms with Crippen LogP contribution in [-0.2, 0) is 28.8 Å². The van der Waals surface area contributed by atoms with Gasteiger partial charge in [-0.15, -0.1) is 6.58 Å². The highest BCUT2D eigenvalue weighted by atomic mass is 19.1. The average Bonchev–Trinajstić information content (AvgIpc) is 3.32. The number of ether oxygens (including phenoxy) is 5. The maximum atomic E-state index is 15.3. The van der Waals surface area contributed by atoms with E-state index < -0.39 is 35.8 Å². The van der Waals surface area contributed by atoms with E-state index in [1.54, 1.807) is 127 Å². The zero-order chi connectivity index (χ0) is 45.8. The zero-order valence-corrected chi connectivity index (χ0v) is 36.0. The van der Waals surface area contributed by atoms with E-state index in [9.17, 15) is 14.4 Å². The average molecular weight is 885 g/mol. The number of halogens is 2. The van der Waals surface area contributed by atoms with E-state index in [1.807, 2.05) is 12.1 Å². The highest BCUT2D eigenvalue weighted by molar-refractivity contribution is 5.91. The first-order chi connectivity index (χ1) is 31.7. The lowest BCUT2D eigenvalue weighted by Crippen LogP contribution is -2.23. The van der Waals surface area contributed by atoms with Crippen LogP contribution in [0.3, 0.4) is 0 Å². The topological polar surface area (TPSA) is 116 Å². The van der Waals surface area contributed by atoms with Gasteiger partial charge in [0.05, 0.1) is 37.6 Å². The van der Waals surface area contributed by atoms with Gasteiger partial charge in [-0.3, -0.25) is 4.79 Å². The lowest BCUT2D eigenvalue weighted by atomic mass is 9.97. The summed E-state index contributed by atoms with van der Waals surface area (Å²) in [5.41, 5.74) is 3.26. The van der Waals surface area contributed by atoms with Crippen molar-refractivity contribution in [3.05, 3.63) is 192 Å². The van der Waals surface area contributed by atoms with Gasteiger partial charge >= 0.3 is 17.9 Å². The number of carbonyl (C=O) groups excluding carboxylic acids is 3. The summed E-state index contributed by atoms with van der Waals surface area (Å²) < 4.78 is 59.2. The molecular weight excluding hydrogens is 835 g/mol. The first-order valence-electron chi connectivity index (χ1n) is 21.3. The van der Waals surface area contributed by atoms with E-state index in [0.717, 1.165) is 0 Å². The Morgan fingerprint density at radius 1 is 0.538 bits per heavy atom. The minimum Gasteiger partial charge on any atom is -0.493 e. The van der Waals surface area contributed by atoms with E-state index >= 15 is 8.78 Å². The Bertz CT molecular complexity index is 2460. The van der Waals surface area contributed by atoms with Crippen LogP contribution in [0.25, 0.3) is 22.3 Å². The van der Waals surface area contributed by atoms with Crippen molar-refractivity contribution < 1.29 is 56.6 Å². The quantitative estimate of drug-likeness (QED) is 0.0145. The molecule has 65 heavy (non-hydrogen) atoms. The van der Waals surface area contributed by atoms with Crippen LogP contribution in [0.15, 0.2) is 158 Å². The van der Waals surface area contributed by atoms with Gasteiger partial charge in [-0.1, -0.05) is 91.0 Å². The molecule has 0 N–H and O–H groups in total. The fourth-order valence-electron chi connectivity index (χ4n) is 6.69. The van der Waals surface area contributed by atoms with Crippen molar-refractivity contribution in [1.29, 1.82) is 0 Å². The van der Waals surface area contributed by atoms with Gasteiger partial charge in [0.25, 0.3) is 0 Å². The molecule has 2 atom stereocenters. The minimum absolute atomic E-state index is 0.195. The maximum Gasteiger partial charge on any atom is 0.338 e. The number of benzene rings is 6. The third-order valence-electron chi connectivity index (χ3n) is 10.0. The normalized spacial score (nSPS) is 11.8. The molecule has 0 saturated heterocycles. The molecule has 0 heterocycles. The summed E-state index contributed by atoms with van der Waals surface area (Å²) in [7, 11) is 0. The van der Waals surface area contributed by atoms with Crippen LogP contribution in [-0.4, -0.2) is 50.9 Å². The van der Waals surface area contributed by atoms with E-state index in [1.165, 1.54) is 19.1 Å². The molecule has 6 aromatic carbocycles. The molecule has 6 aromatic rings. The zero-order valence-electron chi connectivity index (χ0n) is 36.0. The predicted molar refractivity (Wildman–Crippen MR) is 241 cm³/mol. The molecule has 0 spiro atoms. The summed E-state index contributed by atoms with van der Waals surface area (Å²) in [5.74, 6) is -1.96. The van der Waals surface area contributed by atoms with Crippen molar-refractivity contribution in [2.45, 2.75) is 44.8 Å². The molecule has 0 amide bonds. The Labute approximate surface area is 377 Å². The smallest absolute Gasteiger partial charge is 0.338 e. The van der Waals surface area contributed by atoms with Gasteiger partial charge in [-0.2, -0.15) is 0 Å². The Kier molecular flexibility index (Phi) is 17.9. The number of hydrogen-bond acceptors (Lipinski definition) is 10. The van der Waals surface area contributed by atoms with Crippen LogP contribution >= 0.6 is 0 Å². The minimum atomic E-state index is -1.08. The summed E-state index contributed by atoms with van der Waals surface area (Å²) in [4.78, 5) is 48.6. The molecule has 0 aliphatic heterocycles. The van der Waals surface area contributed by atoms with Crippen molar-refractivity contribution in [3.63, 3.8) is 0 Å². The van der Waals surface area contributed by atoms with Crippen LogP contribution < -0.4 is 9.47 Å². The van der Waals surface area contributed by atoms with Crippen molar-refractivity contribution in [1.82, 2.24) is 0 Å². The molecule has 6 rings (SSSR count). The number of carbonyl (C=O) groups is 3. The number of hydrogen-bond donors (Lipinski definition) is 0. The van der Waals surface area contributed by atoms with Gasteiger partial charge in [0.1, 0.15) is 29.7 Å². The summed E-state index contributed by atoms with van der Waals surface area (Å²) in [5, 5.41) is 0. The summed E-state index contributed by atoms with van der Waals surface area (Å²) in [6.07, 6.45) is 2.07. The van der Waals surface area contributed by atoms with Crippen molar-refractivity contribution in [3.8, 4) is 33.8 Å². The van der Waals surface area contributed by atoms with Crippen molar-refractivity contribution in [2.75, 3.05) is 33.0 Å². The van der Waals surface area contributed by atoms with E-state index in [2.05, 4.69) is 6.58 Å². The van der Waals surface area contributed by atoms with Crippen LogP contribution in [0.1, 0.15) is 76.7 Å². The fraction of sp³-hybridized carbons (Fsp3) is 0.226. The number of esters is 3. The van der Waals surface area contributed by atoms with Crippen LogP contribution in [0.2, 0.25) is 0 Å². The molecule has 10 nitrogen and oxygen atoms in total. The van der Waals surface area contributed by atoms with Crippen molar-refractivity contribution >= 4 is 17.9 Å². The molecule has 0 aliphatic carbocycles. The SMILES string of the molecule is C=CCOOCCCCOc1ccc(-c2ccc(C(=O)O[C@H](c3ccccc3)[C@H](OC(=O)c3ccc(-c4ccc(OCCCCOC(C)=O)cc4F)cc3)c3ccccc3)cc2)c(F)c1. The van der Waals surface area contributed by atoms with Gasteiger partial charge in [0.15, 0.2) is 12.2 Å². The second kappa shape index (κ2) is 24.6. The van der Waals surface area contributed by atoms with Crippen LogP contribution in [0.4, 0.5) is 8.78 Å². The predicted octanol–water partition coefficient (Wildman–Crippen LogP) is 11.8. The lowest BCUT2D eigenvalue weighted by molar-refractivity contribution is -0.286. The molecular formula is C53H50F2O10. The third-order valence-corrected chi connectivity index (χ3v) is 10.0. The summed E-state index contributed by atoms with van der Waals surface area (Å²) >= 11 is 0. The molecule has 12 heteroatoms. The van der Waals surface area contributed by atoms with Gasteiger partial charge in [-0.05, 0) is 96.5 Å². The molecule has 0 aromatic heterocycles. The number of unbranched alkanes of at least 4 members (excludes halogenated alkanes) is 2. The Hall–Kier alpha value is -7.15. The molecule has 0 aliphatic rings. The van der Waals surface area contributed by atoms with Gasteiger partial charge in [-0.25, -0.2) is 28.1 Å². The molecule has 0 radical (unpaired) electrons. The molecule has 0 unspecified atom stereocenters. The first kappa shape index (κ1) is 47.3. The summed E-state index contributed by atoms with van der Waals surface area (Å²) in [6.45, 7) is 6.62. The Morgan fingerprint density at radius 3 is 1.38 bits per heavy atom. The number of rotatable bonds is 24. The Morgan fingerprint density at radius 2 is 0.969 bits per heavy atom. The highest BCUT2D eigenvalue weighted by Crippen LogP contribution is 2.37. The third kappa shape index (κ3) is 14.2. The van der Waals surface area contributed by atoms with Crippen LogP contribution in [0, 0.1) is 11.6 Å². The van der Waals surface area contributed by atoms with Gasteiger partial charge in [0, 0.05) is 30.2 Å². The largest absolute Gasteiger partial charge is 0.493 e. The second-order valence-corrected chi connectivity index (χ2v) is 14.8. The van der Waals surface area contributed by atoms with E-state index in [0.29, 0.717) is 104 Å². The van der Waals surface area contributed by atoms with Gasteiger partial charge < -0.3 is 23.7 Å². The molecule has 0 bridgehead atoms. The summed E-state index contributed by atoms with van der Waals surface area (Å²) in [6, 6.07) is 39.8. The second-order valence-electron chi connectivity index (χ2n) is 14.8. The van der Waals surface area contributed by atoms with Gasteiger partial charge in [0.2, 0.25) is 0 Å². The van der Waals surface area contributed by atoms with E-state index in [4.69, 9.17) is 33.5 Å². The van der Waals surface area contributed by atoms with Crippen molar-refractivity contribution in [2.24, 2.45) is 0 Å². The molecule has 0 fully saturated rings. The maximum absolute atomic E-state index is 15.3. The van der Waals surface area contributed by atoms with Crippen LogP contribution in [0.5, 0.6) is 11.5 Å². The highest BCUT2D eigenvalue weighted by Gasteiger charge is 2.33. The Balaban J connectivity index is 1.12. The van der Waals surface area contributed by atoms with E-state index in [-0.39, 0.29) is 17.1 Å². The first-order valence-corrected chi connectivity index (χ1v) is 21.3. The lowest BCUT2D eigenvalue weighted by Gasteiger charge is -2.28. The monoisotopic (exact) mass is 884 g/mol. The fourth-order valence-corrected chi connectivity index (χ4v) is 6.69. The molecule has 336 valence electrons. The standard InChI is InChI=1S/C53H50F2O10/c1-3-30-62-63-34-13-12-33-61-45-27-29-47(49(55)36-45)39-20-24-43(25-21-39)53(58)65-51(41-16-8-5-9-17-41)50(40-14-6-4-7-15-40)64-52(57)42-22-18-38(19-23-42)46-28-26-44(35-48(46)54)60-32-11-10-31-59-37(2)56/h3-9,14-29,35-36,50-51H,1,10-13,30-34H2,2H3/t50-,51-/m1/s1.